The van der Waals surface area contributed by atoms with E-state index < -0.39 is 23.1 Å². The highest BCUT2D eigenvalue weighted by molar-refractivity contribution is 6.58. The predicted molar refractivity (Wildman–Crippen MR) is 124 cm³/mol. The van der Waals surface area contributed by atoms with Crippen molar-refractivity contribution in [1.82, 2.24) is 9.55 Å². The molecule has 0 fully saturated rings. The number of nitrogens with one attached hydrogen (secondary N) is 1. The summed E-state index contributed by atoms with van der Waals surface area (Å²) in [5, 5.41) is 11.0. The minimum atomic E-state index is -0.835. The first-order valence-electron chi connectivity index (χ1n) is 10.3. The van der Waals surface area contributed by atoms with Gasteiger partial charge in [-0.2, -0.15) is 0 Å². The third kappa shape index (κ3) is 3.96. The molecule has 1 aromatic heterocycles. The standard InChI is InChI=1S/C24H21N3O6/c1-3-32-19-12-8-7-11-18(19)27-22(29)16(21(28)26-24(27)31)13-15-14-9-5-6-10-17(14)25-20(15)23(30)33-4-2/h5-13,29H,3-4H2,1-2H3,(H,26,28,31)/b15-13+. The van der Waals surface area contributed by atoms with E-state index in [2.05, 4.69) is 9.98 Å². The van der Waals surface area contributed by atoms with Crippen LogP contribution in [0.25, 0.3) is 17.3 Å². The van der Waals surface area contributed by atoms with Crippen LogP contribution in [-0.4, -0.2) is 39.6 Å². The second-order valence-corrected chi connectivity index (χ2v) is 6.99. The maximum absolute atomic E-state index is 12.7. The molecular weight excluding hydrogens is 426 g/mol. The van der Waals surface area contributed by atoms with E-state index in [1.807, 2.05) is 0 Å². The fraction of sp³-hybridized carbons (Fsp3) is 0.167. The van der Waals surface area contributed by atoms with E-state index in [1.165, 1.54) is 6.08 Å². The molecule has 1 aliphatic rings. The van der Waals surface area contributed by atoms with E-state index in [1.54, 1.807) is 62.4 Å². The first kappa shape index (κ1) is 21.8. The predicted octanol–water partition coefficient (Wildman–Crippen LogP) is 2.82. The van der Waals surface area contributed by atoms with Gasteiger partial charge in [-0.3, -0.25) is 9.78 Å². The summed E-state index contributed by atoms with van der Waals surface area (Å²) in [6.45, 7) is 3.94. The zero-order valence-corrected chi connectivity index (χ0v) is 18.0. The highest BCUT2D eigenvalue weighted by atomic mass is 16.5. The number of rotatable bonds is 6. The third-order valence-corrected chi connectivity index (χ3v) is 4.97. The number of para-hydroxylation sites is 3. The number of hydrogen-bond donors (Lipinski definition) is 2. The number of benzene rings is 2. The average molecular weight is 447 g/mol. The van der Waals surface area contributed by atoms with Crippen LogP contribution in [0.15, 0.2) is 63.1 Å². The lowest BCUT2D eigenvalue weighted by Gasteiger charge is -2.14. The average Bonchev–Trinajstić information content (AvgIpc) is 3.16. The number of carbonyl (C=O) groups excluding carboxylic acids is 1. The Hall–Kier alpha value is -4.40. The summed E-state index contributed by atoms with van der Waals surface area (Å²) in [6, 6.07) is 13.6. The number of esters is 1. The first-order valence-corrected chi connectivity index (χ1v) is 10.3. The van der Waals surface area contributed by atoms with E-state index in [9.17, 15) is 19.5 Å². The van der Waals surface area contributed by atoms with Crippen LogP contribution in [-0.2, 0) is 9.53 Å². The molecule has 0 bridgehead atoms. The summed E-state index contributed by atoms with van der Waals surface area (Å²) < 4.78 is 11.6. The zero-order valence-electron chi connectivity index (χ0n) is 18.0. The molecule has 0 radical (unpaired) electrons. The Morgan fingerprint density at radius 1 is 1.09 bits per heavy atom. The van der Waals surface area contributed by atoms with Gasteiger partial charge in [0.1, 0.15) is 11.3 Å². The van der Waals surface area contributed by atoms with Crippen LogP contribution in [0.1, 0.15) is 25.0 Å². The molecule has 0 amide bonds. The van der Waals surface area contributed by atoms with Crippen LogP contribution >= 0.6 is 0 Å². The van der Waals surface area contributed by atoms with Crippen molar-refractivity contribution >= 4 is 29.0 Å². The van der Waals surface area contributed by atoms with E-state index in [0.717, 1.165) is 4.57 Å². The van der Waals surface area contributed by atoms with Crippen LogP contribution in [0.4, 0.5) is 5.69 Å². The van der Waals surface area contributed by atoms with Gasteiger partial charge in [0, 0.05) is 11.1 Å². The molecule has 2 aromatic carbocycles. The lowest BCUT2D eigenvalue weighted by atomic mass is 10.0. The van der Waals surface area contributed by atoms with Crippen molar-refractivity contribution < 1.29 is 19.4 Å². The Labute approximate surface area is 188 Å². The molecule has 3 aromatic rings. The van der Waals surface area contributed by atoms with E-state index >= 15 is 0 Å². The van der Waals surface area contributed by atoms with Gasteiger partial charge in [-0.05, 0) is 38.1 Å². The van der Waals surface area contributed by atoms with Crippen molar-refractivity contribution in [2.75, 3.05) is 13.2 Å². The fourth-order valence-corrected chi connectivity index (χ4v) is 3.56. The number of aromatic amines is 1. The number of aliphatic imine (C=N–C) groups is 1. The largest absolute Gasteiger partial charge is 0.494 e. The summed E-state index contributed by atoms with van der Waals surface area (Å²) in [4.78, 5) is 44.4. The van der Waals surface area contributed by atoms with Gasteiger partial charge in [0.15, 0.2) is 5.71 Å². The Kier molecular flexibility index (Phi) is 5.95. The van der Waals surface area contributed by atoms with Crippen molar-refractivity contribution in [3.63, 3.8) is 0 Å². The molecule has 2 N–H and O–H groups in total. The number of fused-ring (bicyclic) bond motifs is 1. The first-order chi connectivity index (χ1) is 16.0. The Bertz CT molecular complexity index is 1410. The van der Waals surface area contributed by atoms with Gasteiger partial charge in [0.05, 0.1) is 24.6 Å². The maximum atomic E-state index is 12.7. The van der Waals surface area contributed by atoms with Gasteiger partial charge in [0.2, 0.25) is 5.88 Å². The molecule has 9 heteroatoms. The minimum absolute atomic E-state index is 0.00400. The SMILES string of the molecule is CCOC(=O)C1=Nc2ccccc2/C1=C\c1c(O)n(-c2ccccc2OCC)c(=O)[nH]c1=O. The molecule has 0 spiro atoms. The zero-order chi connectivity index (χ0) is 23.5. The van der Waals surface area contributed by atoms with E-state index in [-0.39, 0.29) is 23.6 Å². The number of aromatic hydroxyl groups is 1. The van der Waals surface area contributed by atoms with Gasteiger partial charge in [0.25, 0.3) is 5.56 Å². The molecular formula is C24H21N3O6. The van der Waals surface area contributed by atoms with Crippen LogP contribution < -0.4 is 16.0 Å². The van der Waals surface area contributed by atoms with Crippen LogP contribution in [0.5, 0.6) is 11.6 Å². The number of nitrogens with zero attached hydrogens (tertiary/aromatic N) is 2. The van der Waals surface area contributed by atoms with Gasteiger partial charge >= 0.3 is 11.7 Å². The summed E-state index contributed by atoms with van der Waals surface area (Å²) in [7, 11) is 0. The quantitative estimate of drug-likeness (QED) is 0.560. The monoisotopic (exact) mass is 447 g/mol. The topological polar surface area (TPSA) is 123 Å². The maximum Gasteiger partial charge on any atom is 0.357 e. The van der Waals surface area contributed by atoms with Crippen molar-refractivity contribution in [1.29, 1.82) is 0 Å². The summed E-state index contributed by atoms with van der Waals surface area (Å²) in [5.74, 6) is -0.912. The molecule has 0 aliphatic carbocycles. The number of hydrogen-bond acceptors (Lipinski definition) is 7. The normalized spacial score (nSPS) is 13.5. The van der Waals surface area contributed by atoms with Gasteiger partial charge in [-0.15, -0.1) is 0 Å². The van der Waals surface area contributed by atoms with Crippen molar-refractivity contribution in [3.8, 4) is 17.3 Å². The molecule has 33 heavy (non-hydrogen) atoms. The lowest BCUT2D eigenvalue weighted by Crippen LogP contribution is -2.30. The van der Waals surface area contributed by atoms with Crippen LogP contribution in [0, 0.1) is 0 Å². The van der Waals surface area contributed by atoms with E-state index in [0.29, 0.717) is 29.2 Å². The molecule has 0 unspecified atom stereocenters. The van der Waals surface area contributed by atoms with Crippen LogP contribution in [0.2, 0.25) is 0 Å². The van der Waals surface area contributed by atoms with Gasteiger partial charge in [-0.25, -0.2) is 19.1 Å². The smallest absolute Gasteiger partial charge is 0.357 e. The molecule has 9 nitrogen and oxygen atoms in total. The van der Waals surface area contributed by atoms with Gasteiger partial charge in [-0.1, -0.05) is 30.3 Å². The highest BCUT2D eigenvalue weighted by Crippen LogP contribution is 2.37. The number of H-pyrrole nitrogens is 1. The number of aromatic nitrogens is 2. The summed E-state index contributed by atoms with van der Waals surface area (Å²) in [5.41, 5.74) is -0.198. The van der Waals surface area contributed by atoms with Crippen LogP contribution in [0.3, 0.4) is 0 Å². The molecule has 4 rings (SSSR count). The second-order valence-electron chi connectivity index (χ2n) is 6.99. The third-order valence-electron chi connectivity index (χ3n) is 4.97. The lowest BCUT2D eigenvalue weighted by molar-refractivity contribution is -0.134. The van der Waals surface area contributed by atoms with Gasteiger partial charge < -0.3 is 14.6 Å². The molecule has 0 atom stereocenters. The summed E-state index contributed by atoms with van der Waals surface area (Å²) in [6.07, 6.45) is 1.33. The molecule has 0 saturated carbocycles. The Balaban J connectivity index is 1.95. The van der Waals surface area contributed by atoms with Crippen molar-refractivity contribution in [3.05, 3.63) is 80.5 Å². The highest BCUT2D eigenvalue weighted by Gasteiger charge is 2.28. The summed E-state index contributed by atoms with van der Waals surface area (Å²) >= 11 is 0. The Morgan fingerprint density at radius 3 is 2.58 bits per heavy atom. The van der Waals surface area contributed by atoms with E-state index in [4.69, 9.17) is 9.47 Å². The molecule has 1 aliphatic heterocycles. The van der Waals surface area contributed by atoms with Crippen molar-refractivity contribution in [2.45, 2.75) is 13.8 Å². The molecule has 168 valence electrons. The molecule has 2 heterocycles. The minimum Gasteiger partial charge on any atom is -0.494 e. The number of ether oxygens (including phenoxy) is 2. The molecule has 0 saturated heterocycles. The van der Waals surface area contributed by atoms with Crippen molar-refractivity contribution in [2.24, 2.45) is 4.99 Å². The fourth-order valence-electron chi connectivity index (χ4n) is 3.56. The second kappa shape index (κ2) is 8.99. The number of carbonyl (C=O) groups is 1. The Morgan fingerprint density at radius 2 is 1.82 bits per heavy atom.